The number of hydroxylamine groups is 2. The summed E-state index contributed by atoms with van der Waals surface area (Å²) in [5.41, 5.74) is 11.6. The molecular formula is C23H25FN2O2S. The number of carbonyl (C=O) groups excluding carboxylic acids is 1. The second kappa shape index (κ2) is 9.29. The Morgan fingerprint density at radius 2 is 1.86 bits per heavy atom. The van der Waals surface area contributed by atoms with Gasteiger partial charge in [-0.1, -0.05) is 36.4 Å². The summed E-state index contributed by atoms with van der Waals surface area (Å²) in [5, 5.41) is 9.95. The molecule has 0 spiro atoms. The molecule has 0 fully saturated rings. The Bertz CT molecular complexity index is 970. The molecule has 152 valence electrons. The predicted octanol–water partition coefficient (Wildman–Crippen LogP) is 5.78. The van der Waals surface area contributed by atoms with Crippen LogP contribution in [0.25, 0.3) is 16.1 Å². The second-order valence-corrected chi connectivity index (χ2v) is 7.80. The number of unbranched alkanes of at least 4 members (excludes halogenated alkanes) is 1. The topological polar surface area (TPSA) is 66.6 Å². The molecule has 0 atom stereocenters. The number of urea groups is 1. The molecule has 0 aromatic heterocycles. The van der Waals surface area contributed by atoms with Crippen LogP contribution in [0, 0.1) is 5.82 Å². The first-order valence-corrected chi connectivity index (χ1v) is 10.8. The minimum absolute atomic E-state index is 0.181. The highest BCUT2D eigenvalue weighted by atomic mass is 32.2. The molecule has 1 aliphatic carbocycles. The van der Waals surface area contributed by atoms with Gasteiger partial charge in [-0.3, -0.25) is 5.21 Å². The van der Waals surface area contributed by atoms with Gasteiger partial charge in [-0.15, -0.1) is 11.8 Å². The Morgan fingerprint density at radius 1 is 1.14 bits per heavy atom. The van der Waals surface area contributed by atoms with E-state index in [4.69, 9.17) is 5.73 Å². The maximum absolute atomic E-state index is 14.0. The molecule has 1 aliphatic rings. The molecular weight excluding hydrogens is 387 g/mol. The van der Waals surface area contributed by atoms with Crippen LogP contribution in [0.5, 0.6) is 0 Å². The summed E-state index contributed by atoms with van der Waals surface area (Å²) in [4.78, 5) is 12.1. The average molecular weight is 413 g/mol. The largest absolute Gasteiger partial charge is 0.350 e. The number of amides is 2. The molecule has 0 saturated carbocycles. The number of fused-ring (bicyclic) bond motifs is 1. The fourth-order valence-corrected chi connectivity index (χ4v) is 4.62. The van der Waals surface area contributed by atoms with Crippen LogP contribution < -0.4 is 5.73 Å². The van der Waals surface area contributed by atoms with Crippen molar-refractivity contribution in [2.45, 2.75) is 26.2 Å². The van der Waals surface area contributed by atoms with Gasteiger partial charge in [-0.2, -0.15) is 0 Å². The van der Waals surface area contributed by atoms with Crippen LogP contribution >= 0.6 is 11.8 Å². The molecule has 0 radical (unpaired) electrons. The molecule has 3 rings (SSSR count). The fourth-order valence-electron chi connectivity index (χ4n) is 3.78. The number of primary amides is 1. The fraction of sp³-hybridized carbons (Fsp3) is 0.261. The molecule has 2 aromatic carbocycles. The number of nitrogens with two attached hydrogens (primary N) is 1. The third-order valence-corrected chi connectivity index (χ3v) is 6.02. The molecule has 0 heterocycles. The monoisotopic (exact) mass is 412 g/mol. The number of halogens is 1. The van der Waals surface area contributed by atoms with Gasteiger partial charge in [0.25, 0.3) is 0 Å². The summed E-state index contributed by atoms with van der Waals surface area (Å²) in [6, 6.07) is 14.3. The van der Waals surface area contributed by atoms with Gasteiger partial charge in [0.1, 0.15) is 5.82 Å². The van der Waals surface area contributed by atoms with E-state index >= 15 is 0 Å². The highest BCUT2D eigenvalue weighted by Gasteiger charge is 2.27. The van der Waals surface area contributed by atoms with E-state index in [1.54, 1.807) is 17.8 Å². The van der Waals surface area contributed by atoms with Crippen LogP contribution in [-0.2, 0) is 0 Å². The third kappa shape index (κ3) is 4.54. The van der Waals surface area contributed by atoms with E-state index in [0.717, 1.165) is 46.3 Å². The second-order valence-electron chi connectivity index (χ2n) is 6.99. The lowest BCUT2D eigenvalue weighted by atomic mass is 10.00. The Kier molecular flexibility index (Phi) is 6.77. The average Bonchev–Trinajstić information content (AvgIpc) is 2.97. The van der Waals surface area contributed by atoms with Crippen molar-refractivity contribution in [3.05, 3.63) is 76.6 Å². The van der Waals surface area contributed by atoms with Crippen LogP contribution in [0.1, 0.15) is 42.9 Å². The number of thioether (sulfide) groups is 1. The Labute approximate surface area is 174 Å². The zero-order valence-electron chi connectivity index (χ0n) is 16.6. The van der Waals surface area contributed by atoms with Gasteiger partial charge in [0.05, 0.1) is 6.54 Å². The zero-order chi connectivity index (χ0) is 21.0. The highest BCUT2D eigenvalue weighted by Crippen LogP contribution is 2.49. The highest BCUT2D eigenvalue weighted by molar-refractivity contribution is 8.08. The number of nitrogens with zero attached hydrogens (tertiary/aromatic N) is 1. The van der Waals surface area contributed by atoms with Crippen LogP contribution in [0.2, 0.25) is 0 Å². The summed E-state index contributed by atoms with van der Waals surface area (Å²) >= 11 is 1.69. The van der Waals surface area contributed by atoms with E-state index in [-0.39, 0.29) is 12.4 Å². The molecule has 0 bridgehead atoms. The maximum atomic E-state index is 14.0. The minimum Gasteiger partial charge on any atom is -0.350 e. The first-order valence-electron chi connectivity index (χ1n) is 9.54. The van der Waals surface area contributed by atoms with Crippen molar-refractivity contribution in [1.82, 2.24) is 5.06 Å². The number of hydrogen-bond donors (Lipinski definition) is 2. The molecule has 4 nitrogen and oxygen atoms in total. The van der Waals surface area contributed by atoms with Crippen molar-refractivity contribution < 1.29 is 14.4 Å². The zero-order valence-corrected chi connectivity index (χ0v) is 17.4. The van der Waals surface area contributed by atoms with Crippen LogP contribution in [0.4, 0.5) is 9.18 Å². The molecule has 0 unspecified atom stereocenters. The first kappa shape index (κ1) is 21.1. The predicted molar refractivity (Wildman–Crippen MR) is 118 cm³/mol. The van der Waals surface area contributed by atoms with Crippen molar-refractivity contribution >= 4 is 33.8 Å². The normalized spacial score (nSPS) is 14.8. The smallest absolute Gasteiger partial charge is 0.338 e. The molecule has 3 N–H and O–H groups in total. The van der Waals surface area contributed by atoms with Crippen molar-refractivity contribution in [2.75, 3.05) is 12.8 Å². The van der Waals surface area contributed by atoms with Gasteiger partial charge < -0.3 is 5.73 Å². The lowest BCUT2D eigenvalue weighted by Crippen LogP contribution is -2.33. The summed E-state index contributed by atoms with van der Waals surface area (Å²) in [6.07, 6.45) is 4.15. The quantitative estimate of drug-likeness (QED) is 0.344. The number of benzene rings is 2. The third-order valence-electron chi connectivity index (χ3n) is 5.17. The minimum atomic E-state index is -0.855. The van der Waals surface area contributed by atoms with Gasteiger partial charge in [0.2, 0.25) is 0 Å². The SMILES string of the molecule is CS/C(=C1/C(C)=C(CCCCN(O)C(N)=O)c2cc(F)ccc21)c1ccccc1. The van der Waals surface area contributed by atoms with Crippen molar-refractivity contribution in [2.24, 2.45) is 5.73 Å². The molecule has 0 saturated heterocycles. The Hall–Kier alpha value is -2.57. The Morgan fingerprint density at radius 3 is 2.52 bits per heavy atom. The van der Waals surface area contributed by atoms with E-state index in [0.29, 0.717) is 11.5 Å². The van der Waals surface area contributed by atoms with E-state index in [1.807, 2.05) is 24.3 Å². The first-order chi connectivity index (χ1) is 13.9. The molecule has 6 heteroatoms. The van der Waals surface area contributed by atoms with Crippen molar-refractivity contribution in [3.8, 4) is 0 Å². The number of hydrogen-bond acceptors (Lipinski definition) is 3. The van der Waals surface area contributed by atoms with E-state index in [9.17, 15) is 14.4 Å². The van der Waals surface area contributed by atoms with Crippen LogP contribution in [0.3, 0.4) is 0 Å². The van der Waals surface area contributed by atoms with Crippen molar-refractivity contribution in [1.29, 1.82) is 0 Å². The van der Waals surface area contributed by atoms with Crippen molar-refractivity contribution in [3.63, 3.8) is 0 Å². The number of allylic oxidation sites excluding steroid dienone is 3. The summed E-state index contributed by atoms with van der Waals surface area (Å²) in [7, 11) is 0. The summed E-state index contributed by atoms with van der Waals surface area (Å²) in [6.45, 7) is 2.27. The van der Waals surface area contributed by atoms with Gasteiger partial charge in [-0.05, 0) is 78.0 Å². The number of rotatable bonds is 7. The molecule has 2 aromatic rings. The van der Waals surface area contributed by atoms with E-state index < -0.39 is 6.03 Å². The van der Waals surface area contributed by atoms with E-state index in [2.05, 4.69) is 25.3 Å². The summed E-state index contributed by atoms with van der Waals surface area (Å²) < 4.78 is 14.0. The van der Waals surface area contributed by atoms with E-state index in [1.165, 1.54) is 11.0 Å². The van der Waals surface area contributed by atoms with Crippen LogP contribution in [-0.4, -0.2) is 29.1 Å². The van der Waals surface area contributed by atoms with Gasteiger partial charge in [-0.25, -0.2) is 14.2 Å². The number of carbonyl (C=O) groups is 1. The molecule has 2 amide bonds. The van der Waals surface area contributed by atoms with Gasteiger partial charge >= 0.3 is 6.03 Å². The maximum Gasteiger partial charge on any atom is 0.338 e. The standard InChI is InChI=1S/C23H25FN2O2S/c1-15-18(10-6-7-13-26(28)23(25)27)20-14-17(24)11-12-19(20)21(15)22(29-2)16-8-4-3-5-9-16/h3-5,8-9,11-12,14,28H,6-7,10,13H2,1-2H3,(H2,25,27)/b22-21-. The van der Waals surface area contributed by atoms with Gasteiger partial charge in [0, 0.05) is 4.91 Å². The Balaban J connectivity index is 1.96. The lowest BCUT2D eigenvalue weighted by molar-refractivity contribution is -0.0401. The molecule has 0 aliphatic heterocycles. The summed E-state index contributed by atoms with van der Waals surface area (Å²) in [5.74, 6) is -0.254. The van der Waals surface area contributed by atoms with Crippen LogP contribution in [0.15, 0.2) is 54.1 Å². The molecule has 29 heavy (non-hydrogen) atoms. The van der Waals surface area contributed by atoms with Gasteiger partial charge in [0.15, 0.2) is 0 Å². The lowest BCUT2D eigenvalue weighted by Gasteiger charge is -2.12.